The molecule has 1 aromatic heterocycles. The zero-order valence-corrected chi connectivity index (χ0v) is 13.6. The first-order chi connectivity index (χ1) is 10.6. The summed E-state index contributed by atoms with van der Waals surface area (Å²) in [5.41, 5.74) is 0. The molecule has 0 aliphatic carbocycles. The van der Waals surface area contributed by atoms with Gasteiger partial charge >= 0.3 is 0 Å². The van der Waals surface area contributed by atoms with Gasteiger partial charge < -0.3 is 0 Å². The third-order valence-corrected chi connectivity index (χ3v) is 6.52. The van der Waals surface area contributed by atoms with Crippen LogP contribution in [0.1, 0.15) is 4.88 Å². The van der Waals surface area contributed by atoms with Gasteiger partial charge in [0.15, 0.2) is 0 Å². The van der Waals surface area contributed by atoms with Gasteiger partial charge in [-0.25, -0.2) is 12.8 Å². The standard InChI is InChI=1S/C15H17FN2O2S2/c16-13-3-5-15(6-4-13)22(19,20)18-9-7-17(8-10-18)12-14-2-1-11-21-14/h1-6,11H,7-10,12H2. The van der Waals surface area contributed by atoms with E-state index in [2.05, 4.69) is 11.0 Å². The molecule has 2 heterocycles. The average Bonchev–Trinajstić information content (AvgIpc) is 3.01. The first-order valence-corrected chi connectivity index (χ1v) is 9.38. The maximum Gasteiger partial charge on any atom is 0.243 e. The average molecular weight is 340 g/mol. The number of hydrogen-bond donors (Lipinski definition) is 0. The molecule has 0 atom stereocenters. The fourth-order valence-electron chi connectivity index (χ4n) is 2.51. The minimum Gasteiger partial charge on any atom is -0.296 e. The number of thiophene rings is 1. The molecule has 0 radical (unpaired) electrons. The predicted molar refractivity (Wildman–Crippen MR) is 84.8 cm³/mol. The van der Waals surface area contributed by atoms with E-state index < -0.39 is 15.8 Å². The highest BCUT2D eigenvalue weighted by Crippen LogP contribution is 2.19. The Bertz CT molecular complexity index is 707. The molecule has 4 nitrogen and oxygen atoms in total. The van der Waals surface area contributed by atoms with Crippen LogP contribution in [0.5, 0.6) is 0 Å². The molecule has 7 heteroatoms. The number of halogens is 1. The van der Waals surface area contributed by atoms with Crippen LogP contribution in [0.3, 0.4) is 0 Å². The molecular weight excluding hydrogens is 323 g/mol. The van der Waals surface area contributed by atoms with Gasteiger partial charge in [-0.15, -0.1) is 11.3 Å². The number of hydrogen-bond acceptors (Lipinski definition) is 4. The van der Waals surface area contributed by atoms with Gasteiger partial charge in [-0.05, 0) is 35.7 Å². The van der Waals surface area contributed by atoms with Gasteiger partial charge in [0.05, 0.1) is 4.90 Å². The van der Waals surface area contributed by atoms with Crippen molar-refractivity contribution >= 4 is 21.4 Å². The van der Waals surface area contributed by atoms with Crippen LogP contribution in [0.25, 0.3) is 0 Å². The van der Waals surface area contributed by atoms with E-state index in [9.17, 15) is 12.8 Å². The smallest absolute Gasteiger partial charge is 0.243 e. The summed E-state index contributed by atoms with van der Waals surface area (Å²) in [6, 6.07) is 9.12. The van der Waals surface area contributed by atoms with Crippen LogP contribution in [-0.2, 0) is 16.6 Å². The zero-order chi connectivity index (χ0) is 15.6. The lowest BCUT2D eigenvalue weighted by Gasteiger charge is -2.33. The van der Waals surface area contributed by atoms with E-state index in [0.717, 1.165) is 6.54 Å². The normalized spacial score (nSPS) is 17.7. The fourth-order valence-corrected chi connectivity index (χ4v) is 4.67. The lowest BCUT2D eigenvalue weighted by atomic mass is 10.3. The zero-order valence-electron chi connectivity index (χ0n) is 12.0. The molecule has 0 unspecified atom stereocenters. The monoisotopic (exact) mass is 340 g/mol. The third-order valence-electron chi connectivity index (χ3n) is 3.74. The first kappa shape index (κ1) is 15.6. The summed E-state index contributed by atoms with van der Waals surface area (Å²) in [4.78, 5) is 3.69. The topological polar surface area (TPSA) is 40.6 Å². The minimum atomic E-state index is -3.52. The Morgan fingerprint density at radius 2 is 1.73 bits per heavy atom. The molecule has 22 heavy (non-hydrogen) atoms. The number of piperazine rings is 1. The summed E-state index contributed by atoms with van der Waals surface area (Å²) in [5, 5.41) is 2.05. The highest BCUT2D eigenvalue weighted by molar-refractivity contribution is 7.89. The molecule has 2 aromatic rings. The molecule has 0 saturated carbocycles. The summed E-state index contributed by atoms with van der Waals surface area (Å²) in [6.45, 7) is 3.20. The Labute approximate surface area is 133 Å². The largest absolute Gasteiger partial charge is 0.296 e. The van der Waals surface area contributed by atoms with E-state index in [1.54, 1.807) is 11.3 Å². The number of benzene rings is 1. The summed E-state index contributed by atoms with van der Waals surface area (Å²) < 4.78 is 39.4. The number of nitrogens with zero attached hydrogens (tertiary/aromatic N) is 2. The molecule has 1 aliphatic rings. The molecule has 1 aromatic carbocycles. The fraction of sp³-hybridized carbons (Fsp3) is 0.333. The van der Waals surface area contributed by atoms with Crippen LogP contribution in [0.2, 0.25) is 0 Å². The van der Waals surface area contributed by atoms with Gasteiger partial charge in [0.25, 0.3) is 0 Å². The quantitative estimate of drug-likeness (QED) is 0.858. The van der Waals surface area contributed by atoms with Gasteiger partial charge in [-0.3, -0.25) is 4.90 Å². The molecule has 0 N–H and O–H groups in total. The molecular formula is C15H17FN2O2S2. The van der Waals surface area contributed by atoms with Crippen molar-refractivity contribution in [3.8, 4) is 0 Å². The van der Waals surface area contributed by atoms with Crippen molar-refractivity contribution in [3.63, 3.8) is 0 Å². The van der Waals surface area contributed by atoms with Crippen LogP contribution in [-0.4, -0.2) is 43.8 Å². The van der Waals surface area contributed by atoms with Gasteiger partial charge in [-0.1, -0.05) is 6.07 Å². The van der Waals surface area contributed by atoms with Gasteiger partial charge in [0, 0.05) is 37.6 Å². The van der Waals surface area contributed by atoms with Crippen molar-refractivity contribution in [1.29, 1.82) is 0 Å². The van der Waals surface area contributed by atoms with Crippen LogP contribution in [0.4, 0.5) is 4.39 Å². The van der Waals surface area contributed by atoms with Crippen molar-refractivity contribution in [2.75, 3.05) is 26.2 Å². The number of sulfonamides is 1. The maximum absolute atomic E-state index is 12.9. The number of rotatable bonds is 4. The molecule has 1 fully saturated rings. The van der Waals surface area contributed by atoms with E-state index in [0.29, 0.717) is 26.2 Å². The third kappa shape index (κ3) is 3.38. The van der Waals surface area contributed by atoms with E-state index >= 15 is 0 Å². The van der Waals surface area contributed by atoms with Crippen molar-refractivity contribution in [2.24, 2.45) is 0 Å². The molecule has 1 saturated heterocycles. The maximum atomic E-state index is 12.9. The van der Waals surface area contributed by atoms with Gasteiger partial charge in [0.2, 0.25) is 10.0 Å². The van der Waals surface area contributed by atoms with Crippen LogP contribution in [0, 0.1) is 5.82 Å². The highest BCUT2D eigenvalue weighted by atomic mass is 32.2. The first-order valence-electron chi connectivity index (χ1n) is 7.06. The lowest BCUT2D eigenvalue weighted by molar-refractivity contribution is 0.183. The Morgan fingerprint density at radius 3 is 2.32 bits per heavy atom. The Kier molecular flexibility index (Phi) is 4.58. The second kappa shape index (κ2) is 6.45. The Morgan fingerprint density at radius 1 is 1.05 bits per heavy atom. The van der Waals surface area contributed by atoms with Crippen LogP contribution >= 0.6 is 11.3 Å². The Balaban J connectivity index is 1.64. The highest BCUT2D eigenvalue weighted by Gasteiger charge is 2.28. The summed E-state index contributed by atoms with van der Waals surface area (Å²) >= 11 is 1.71. The van der Waals surface area contributed by atoms with Crippen molar-refractivity contribution in [1.82, 2.24) is 9.21 Å². The van der Waals surface area contributed by atoms with Crippen LogP contribution in [0.15, 0.2) is 46.7 Å². The molecule has 0 amide bonds. The van der Waals surface area contributed by atoms with Crippen molar-refractivity contribution in [3.05, 3.63) is 52.5 Å². The van der Waals surface area contributed by atoms with Crippen molar-refractivity contribution < 1.29 is 12.8 Å². The second-order valence-electron chi connectivity index (χ2n) is 5.21. The molecule has 3 rings (SSSR count). The second-order valence-corrected chi connectivity index (χ2v) is 8.18. The van der Waals surface area contributed by atoms with E-state index in [1.165, 1.54) is 33.4 Å². The van der Waals surface area contributed by atoms with Gasteiger partial charge in [-0.2, -0.15) is 4.31 Å². The lowest BCUT2D eigenvalue weighted by Crippen LogP contribution is -2.48. The summed E-state index contributed by atoms with van der Waals surface area (Å²) in [7, 11) is -3.52. The van der Waals surface area contributed by atoms with E-state index in [1.807, 2.05) is 11.4 Å². The SMILES string of the molecule is O=S(=O)(c1ccc(F)cc1)N1CCN(Cc2cccs2)CC1. The molecule has 0 spiro atoms. The van der Waals surface area contributed by atoms with Gasteiger partial charge in [0.1, 0.15) is 5.82 Å². The summed E-state index contributed by atoms with van der Waals surface area (Å²) in [5.74, 6) is -0.431. The molecule has 1 aliphatic heterocycles. The van der Waals surface area contributed by atoms with E-state index in [-0.39, 0.29) is 4.90 Å². The predicted octanol–water partition coefficient (Wildman–Crippen LogP) is 2.39. The van der Waals surface area contributed by atoms with Crippen LogP contribution < -0.4 is 0 Å². The van der Waals surface area contributed by atoms with Crippen molar-refractivity contribution in [2.45, 2.75) is 11.4 Å². The molecule has 0 bridgehead atoms. The molecule has 118 valence electrons. The minimum absolute atomic E-state index is 0.153. The van der Waals surface area contributed by atoms with E-state index in [4.69, 9.17) is 0 Å². The Hall–Kier alpha value is -1.28. The summed E-state index contributed by atoms with van der Waals surface area (Å²) in [6.07, 6.45) is 0.